The molecular formula is C18H18N4O5. The van der Waals surface area contributed by atoms with Crippen LogP contribution in [0.4, 0.5) is 5.69 Å². The summed E-state index contributed by atoms with van der Waals surface area (Å²) < 4.78 is 10.7. The van der Waals surface area contributed by atoms with E-state index in [0.29, 0.717) is 31.3 Å². The molecule has 2 aromatic rings. The molecule has 0 N–H and O–H groups in total. The molecule has 1 atom stereocenters. The topological polar surface area (TPSA) is 108 Å². The standard InChI is InChI=1S/C18H18N4O5/c1-26-16-7-8-17(20-19-16)27-15-10-11-21(12-15)18(23)9-4-13-2-5-14(6-3-13)22(24)25/h2-9,15H,10-12H2,1H3/b9-4+. The van der Waals surface area contributed by atoms with Gasteiger partial charge in [-0.1, -0.05) is 0 Å². The van der Waals surface area contributed by atoms with Gasteiger partial charge in [-0.25, -0.2) is 0 Å². The fourth-order valence-electron chi connectivity index (χ4n) is 2.65. The summed E-state index contributed by atoms with van der Waals surface area (Å²) in [7, 11) is 1.51. The van der Waals surface area contributed by atoms with Gasteiger partial charge in [-0.05, 0) is 23.8 Å². The van der Waals surface area contributed by atoms with E-state index in [0.717, 1.165) is 5.56 Å². The highest BCUT2D eigenvalue weighted by molar-refractivity contribution is 5.92. The van der Waals surface area contributed by atoms with Gasteiger partial charge in [0.05, 0.1) is 18.6 Å². The maximum atomic E-state index is 12.3. The first-order valence-electron chi connectivity index (χ1n) is 8.31. The van der Waals surface area contributed by atoms with E-state index < -0.39 is 4.92 Å². The highest BCUT2D eigenvalue weighted by Gasteiger charge is 2.26. The van der Waals surface area contributed by atoms with Gasteiger partial charge >= 0.3 is 0 Å². The molecule has 0 radical (unpaired) electrons. The summed E-state index contributed by atoms with van der Waals surface area (Å²) in [5.41, 5.74) is 0.731. The molecule has 1 saturated heterocycles. The monoisotopic (exact) mass is 370 g/mol. The van der Waals surface area contributed by atoms with Crippen molar-refractivity contribution in [2.75, 3.05) is 20.2 Å². The minimum atomic E-state index is -0.462. The second kappa shape index (κ2) is 8.26. The van der Waals surface area contributed by atoms with E-state index in [9.17, 15) is 14.9 Å². The molecule has 2 heterocycles. The normalized spacial score (nSPS) is 16.5. The van der Waals surface area contributed by atoms with Crippen LogP contribution < -0.4 is 9.47 Å². The van der Waals surface area contributed by atoms with Crippen molar-refractivity contribution in [3.05, 3.63) is 58.2 Å². The molecule has 1 aromatic carbocycles. The van der Waals surface area contributed by atoms with Crippen LogP contribution in [-0.2, 0) is 4.79 Å². The zero-order valence-corrected chi connectivity index (χ0v) is 14.6. The molecule has 140 valence electrons. The Labute approximate surface area is 155 Å². The fraction of sp³-hybridized carbons (Fsp3) is 0.278. The molecule has 3 rings (SSSR count). The number of hydrogen-bond acceptors (Lipinski definition) is 7. The van der Waals surface area contributed by atoms with Crippen molar-refractivity contribution >= 4 is 17.7 Å². The lowest BCUT2D eigenvalue weighted by Gasteiger charge is -2.15. The summed E-state index contributed by atoms with van der Waals surface area (Å²) >= 11 is 0. The second-order valence-corrected chi connectivity index (χ2v) is 5.91. The van der Waals surface area contributed by atoms with Gasteiger partial charge in [0.15, 0.2) is 0 Å². The van der Waals surface area contributed by atoms with Gasteiger partial charge in [0, 0.05) is 43.3 Å². The smallest absolute Gasteiger partial charge is 0.269 e. The van der Waals surface area contributed by atoms with E-state index in [4.69, 9.17) is 9.47 Å². The number of benzene rings is 1. The van der Waals surface area contributed by atoms with E-state index in [-0.39, 0.29) is 17.7 Å². The number of carbonyl (C=O) groups excluding carboxylic acids is 1. The molecule has 0 spiro atoms. The van der Waals surface area contributed by atoms with Crippen molar-refractivity contribution in [1.82, 2.24) is 15.1 Å². The molecule has 1 amide bonds. The minimum absolute atomic E-state index is 0.0136. The van der Waals surface area contributed by atoms with Crippen molar-refractivity contribution in [3.63, 3.8) is 0 Å². The van der Waals surface area contributed by atoms with Gasteiger partial charge in [0.2, 0.25) is 17.7 Å². The first-order chi connectivity index (χ1) is 13.0. The minimum Gasteiger partial charge on any atom is -0.480 e. The number of likely N-dealkylation sites (tertiary alicyclic amines) is 1. The maximum Gasteiger partial charge on any atom is 0.269 e. The SMILES string of the molecule is COc1ccc(OC2CCN(C(=O)/C=C/c3ccc([N+](=O)[O-])cc3)C2)nn1. The molecule has 0 bridgehead atoms. The molecular weight excluding hydrogens is 352 g/mol. The van der Waals surface area contributed by atoms with Gasteiger partial charge < -0.3 is 14.4 Å². The summed E-state index contributed by atoms with van der Waals surface area (Å²) in [4.78, 5) is 24.2. The Balaban J connectivity index is 1.52. The van der Waals surface area contributed by atoms with Crippen molar-refractivity contribution < 1.29 is 19.2 Å². The van der Waals surface area contributed by atoms with Crippen LogP contribution in [-0.4, -0.2) is 52.2 Å². The van der Waals surface area contributed by atoms with Crippen LogP contribution in [0.25, 0.3) is 6.08 Å². The third-order valence-electron chi connectivity index (χ3n) is 4.09. The molecule has 1 aliphatic rings. The molecule has 1 unspecified atom stereocenters. The van der Waals surface area contributed by atoms with Crippen LogP contribution in [0, 0.1) is 10.1 Å². The number of non-ortho nitro benzene ring substituents is 1. The largest absolute Gasteiger partial charge is 0.480 e. The van der Waals surface area contributed by atoms with Gasteiger partial charge in [-0.3, -0.25) is 14.9 Å². The van der Waals surface area contributed by atoms with Gasteiger partial charge in [-0.15, -0.1) is 10.2 Å². The number of rotatable bonds is 6. The average Bonchev–Trinajstić information content (AvgIpc) is 3.15. The lowest BCUT2D eigenvalue weighted by molar-refractivity contribution is -0.384. The fourth-order valence-corrected chi connectivity index (χ4v) is 2.65. The van der Waals surface area contributed by atoms with Crippen molar-refractivity contribution in [3.8, 4) is 11.8 Å². The number of aromatic nitrogens is 2. The second-order valence-electron chi connectivity index (χ2n) is 5.91. The third kappa shape index (κ3) is 4.78. The van der Waals surface area contributed by atoms with Crippen LogP contribution in [0.1, 0.15) is 12.0 Å². The molecule has 0 aliphatic carbocycles. The van der Waals surface area contributed by atoms with Gasteiger partial charge in [0.25, 0.3) is 5.69 Å². The average molecular weight is 370 g/mol. The number of nitrogens with zero attached hydrogens (tertiary/aromatic N) is 4. The molecule has 1 aliphatic heterocycles. The first kappa shape index (κ1) is 18.3. The number of nitro benzene ring substituents is 1. The first-order valence-corrected chi connectivity index (χ1v) is 8.31. The molecule has 9 heteroatoms. The number of methoxy groups -OCH3 is 1. The van der Waals surface area contributed by atoms with E-state index in [1.165, 1.54) is 25.3 Å². The van der Waals surface area contributed by atoms with Gasteiger partial charge in [0.1, 0.15) is 6.10 Å². The lowest BCUT2D eigenvalue weighted by Crippen LogP contribution is -2.29. The molecule has 1 aromatic heterocycles. The van der Waals surface area contributed by atoms with E-state index in [2.05, 4.69) is 10.2 Å². The quantitative estimate of drug-likeness (QED) is 0.435. The number of amides is 1. The number of hydrogen-bond donors (Lipinski definition) is 0. The summed E-state index contributed by atoms with van der Waals surface area (Å²) in [6.07, 6.45) is 3.64. The van der Waals surface area contributed by atoms with Crippen LogP contribution >= 0.6 is 0 Å². The van der Waals surface area contributed by atoms with Gasteiger partial charge in [-0.2, -0.15) is 0 Å². The van der Waals surface area contributed by atoms with Crippen molar-refractivity contribution in [2.45, 2.75) is 12.5 Å². The predicted octanol–water partition coefficient (Wildman–Crippen LogP) is 2.09. The van der Waals surface area contributed by atoms with Crippen LogP contribution in [0.5, 0.6) is 11.8 Å². The Morgan fingerprint density at radius 2 is 1.93 bits per heavy atom. The van der Waals surface area contributed by atoms with E-state index in [1.807, 2.05) is 0 Å². The third-order valence-corrected chi connectivity index (χ3v) is 4.09. The molecule has 1 fully saturated rings. The Bertz CT molecular complexity index is 836. The zero-order valence-electron chi connectivity index (χ0n) is 14.6. The Morgan fingerprint density at radius 3 is 2.56 bits per heavy atom. The zero-order chi connectivity index (χ0) is 19.2. The van der Waals surface area contributed by atoms with E-state index in [1.54, 1.807) is 35.2 Å². The summed E-state index contributed by atoms with van der Waals surface area (Å²) in [5, 5.41) is 18.4. The molecule has 27 heavy (non-hydrogen) atoms. The molecule has 9 nitrogen and oxygen atoms in total. The maximum absolute atomic E-state index is 12.3. The summed E-state index contributed by atoms with van der Waals surface area (Å²) in [5.74, 6) is 0.652. The van der Waals surface area contributed by atoms with Crippen molar-refractivity contribution in [1.29, 1.82) is 0 Å². The summed E-state index contributed by atoms with van der Waals surface area (Å²) in [6.45, 7) is 1.04. The number of nitro groups is 1. The van der Waals surface area contributed by atoms with Crippen LogP contribution in [0.2, 0.25) is 0 Å². The van der Waals surface area contributed by atoms with Crippen LogP contribution in [0.15, 0.2) is 42.5 Å². The highest BCUT2D eigenvalue weighted by atomic mass is 16.6. The predicted molar refractivity (Wildman–Crippen MR) is 96.3 cm³/mol. The Kier molecular flexibility index (Phi) is 5.60. The summed E-state index contributed by atoms with van der Waals surface area (Å²) in [6, 6.07) is 9.33. The Hall–Kier alpha value is -3.49. The number of carbonyl (C=O) groups is 1. The number of ether oxygens (including phenoxy) is 2. The molecule has 0 saturated carbocycles. The van der Waals surface area contributed by atoms with Crippen LogP contribution in [0.3, 0.4) is 0 Å². The Morgan fingerprint density at radius 1 is 1.22 bits per heavy atom. The highest BCUT2D eigenvalue weighted by Crippen LogP contribution is 2.18. The van der Waals surface area contributed by atoms with Crippen molar-refractivity contribution in [2.24, 2.45) is 0 Å². The van der Waals surface area contributed by atoms with E-state index >= 15 is 0 Å². The lowest BCUT2D eigenvalue weighted by atomic mass is 10.2.